The summed E-state index contributed by atoms with van der Waals surface area (Å²) in [4.78, 5) is 2.21. The molecule has 0 spiro atoms. The van der Waals surface area contributed by atoms with E-state index in [1.807, 2.05) is 0 Å². The van der Waals surface area contributed by atoms with Crippen molar-refractivity contribution in [2.24, 2.45) is 0 Å². The standard InChI is InChI=1S/C9H19NO3Si/c1-10-8-6-5-7-9(10)14(11-2,12-3)13-4/h5-6,9H,7-8H2,1-4H3. The summed E-state index contributed by atoms with van der Waals surface area (Å²) >= 11 is 0. The molecule has 1 heterocycles. The molecule has 14 heavy (non-hydrogen) atoms. The lowest BCUT2D eigenvalue weighted by Gasteiger charge is -2.38. The van der Waals surface area contributed by atoms with Crippen LogP contribution in [-0.2, 0) is 13.3 Å². The van der Waals surface area contributed by atoms with Crippen molar-refractivity contribution in [3.63, 3.8) is 0 Å². The summed E-state index contributed by atoms with van der Waals surface area (Å²) < 4.78 is 16.4. The van der Waals surface area contributed by atoms with Crippen molar-refractivity contribution in [2.75, 3.05) is 34.9 Å². The molecule has 5 heteroatoms. The van der Waals surface area contributed by atoms with Gasteiger partial charge in [0, 0.05) is 27.9 Å². The minimum Gasteiger partial charge on any atom is -0.376 e. The zero-order chi connectivity index (χ0) is 10.6. The quantitative estimate of drug-likeness (QED) is 0.511. The van der Waals surface area contributed by atoms with Gasteiger partial charge in [-0.2, -0.15) is 0 Å². The van der Waals surface area contributed by atoms with E-state index in [-0.39, 0.29) is 5.67 Å². The van der Waals surface area contributed by atoms with Gasteiger partial charge in [-0.3, -0.25) is 4.90 Å². The molecule has 1 aliphatic rings. The second kappa shape index (κ2) is 5.04. The Kier molecular flexibility index (Phi) is 4.27. The van der Waals surface area contributed by atoms with Crippen molar-refractivity contribution in [2.45, 2.75) is 12.1 Å². The first kappa shape index (κ1) is 11.9. The van der Waals surface area contributed by atoms with Gasteiger partial charge in [-0.25, -0.2) is 0 Å². The average molecular weight is 217 g/mol. The lowest BCUT2D eigenvalue weighted by atomic mass is 10.3. The van der Waals surface area contributed by atoms with Gasteiger partial charge in [0.2, 0.25) is 0 Å². The summed E-state index contributed by atoms with van der Waals surface area (Å²) in [6.07, 6.45) is 5.23. The number of nitrogens with zero attached hydrogens (tertiary/aromatic N) is 1. The molecular weight excluding hydrogens is 198 g/mol. The van der Waals surface area contributed by atoms with Gasteiger partial charge >= 0.3 is 8.80 Å². The number of hydrogen-bond acceptors (Lipinski definition) is 4. The second-order valence-electron chi connectivity index (χ2n) is 3.38. The van der Waals surface area contributed by atoms with E-state index in [1.54, 1.807) is 21.3 Å². The maximum absolute atomic E-state index is 5.47. The molecule has 1 atom stereocenters. The minimum absolute atomic E-state index is 0.229. The van der Waals surface area contributed by atoms with Crippen molar-refractivity contribution in [1.82, 2.24) is 4.90 Å². The molecule has 0 aromatic heterocycles. The van der Waals surface area contributed by atoms with E-state index >= 15 is 0 Å². The van der Waals surface area contributed by atoms with Crippen molar-refractivity contribution < 1.29 is 13.3 Å². The van der Waals surface area contributed by atoms with Gasteiger partial charge in [-0.1, -0.05) is 12.2 Å². The Morgan fingerprint density at radius 3 is 2.14 bits per heavy atom. The molecule has 0 radical (unpaired) electrons. The monoisotopic (exact) mass is 217 g/mol. The van der Waals surface area contributed by atoms with Crippen LogP contribution in [0, 0.1) is 0 Å². The predicted octanol–water partition coefficient (Wildman–Crippen LogP) is 0.664. The normalized spacial score (nSPS) is 24.1. The Labute approximate surface area is 86.8 Å². The van der Waals surface area contributed by atoms with E-state index in [4.69, 9.17) is 13.3 Å². The van der Waals surface area contributed by atoms with Crippen molar-refractivity contribution in [3.8, 4) is 0 Å². The summed E-state index contributed by atoms with van der Waals surface area (Å²) in [5.74, 6) is 0. The van der Waals surface area contributed by atoms with Crippen LogP contribution in [0.2, 0.25) is 0 Å². The summed E-state index contributed by atoms with van der Waals surface area (Å²) in [6, 6.07) is 0. The van der Waals surface area contributed by atoms with Gasteiger partial charge in [-0.05, 0) is 13.5 Å². The Morgan fingerprint density at radius 1 is 1.14 bits per heavy atom. The van der Waals surface area contributed by atoms with Gasteiger partial charge in [0.05, 0.1) is 5.67 Å². The van der Waals surface area contributed by atoms with Crippen LogP contribution in [0.25, 0.3) is 0 Å². The molecule has 0 aromatic rings. The summed E-state index contributed by atoms with van der Waals surface area (Å²) in [6.45, 7) is 0.926. The number of hydrogen-bond donors (Lipinski definition) is 0. The van der Waals surface area contributed by atoms with E-state index in [2.05, 4.69) is 24.1 Å². The zero-order valence-electron chi connectivity index (χ0n) is 9.32. The summed E-state index contributed by atoms with van der Waals surface area (Å²) in [5, 5.41) is 0. The lowest BCUT2D eigenvalue weighted by Crippen LogP contribution is -2.61. The third kappa shape index (κ3) is 2.07. The summed E-state index contributed by atoms with van der Waals surface area (Å²) in [5.41, 5.74) is 0.229. The van der Waals surface area contributed by atoms with Gasteiger partial charge in [-0.15, -0.1) is 0 Å². The topological polar surface area (TPSA) is 30.9 Å². The van der Waals surface area contributed by atoms with Gasteiger partial charge in [0.25, 0.3) is 0 Å². The van der Waals surface area contributed by atoms with Crippen LogP contribution in [-0.4, -0.2) is 54.3 Å². The molecule has 0 aromatic carbocycles. The molecule has 0 amide bonds. The SMILES string of the molecule is CO[Si](OC)(OC)C1CC=CCN1C. The number of rotatable bonds is 4. The fourth-order valence-corrected chi connectivity index (χ4v) is 4.23. The lowest BCUT2D eigenvalue weighted by molar-refractivity contribution is 0.0830. The molecule has 0 aliphatic carbocycles. The number of likely N-dealkylation sites (N-methyl/N-ethyl adjacent to an activating group) is 1. The smallest absolute Gasteiger partial charge is 0.376 e. The Hall–Kier alpha value is -0.203. The molecule has 0 fully saturated rings. The van der Waals surface area contributed by atoms with E-state index in [1.165, 1.54) is 0 Å². The highest BCUT2D eigenvalue weighted by Gasteiger charge is 2.49. The van der Waals surface area contributed by atoms with E-state index in [0.717, 1.165) is 13.0 Å². The van der Waals surface area contributed by atoms with Crippen LogP contribution in [0.4, 0.5) is 0 Å². The molecule has 0 saturated heterocycles. The van der Waals surface area contributed by atoms with Gasteiger partial charge in [0.1, 0.15) is 0 Å². The molecule has 1 rings (SSSR count). The average Bonchev–Trinajstić information content (AvgIpc) is 2.24. The Bertz CT molecular complexity index is 198. The first-order valence-corrected chi connectivity index (χ1v) is 6.51. The van der Waals surface area contributed by atoms with Crippen molar-refractivity contribution in [3.05, 3.63) is 12.2 Å². The summed E-state index contributed by atoms with van der Waals surface area (Å²) in [7, 11) is 4.53. The predicted molar refractivity (Wildman–Crippen MR) is 57.0 cm³/mol. The Morgan fingerprint density at radius 2 is 1.71 bits per heavy atom. The first-order valence-electron chi connectivity index (χ1n) is 4.71. The molecule has 0 saturated carbocycles. The molecule has 0 bridgehead atoms. The maximum Gasteiger partial charge on any atom is 0.518 e. The maximum atomic E-state index is 5.47. The Balaban J connectivity index is 2.81. The first-order chi connectivity index (χ1) is 6.70. The molecule has 1 aliphatic heterocycles. The van der Waals surface area contributed by atoms with Gasteiger partial charge in [0.15, 0.2) is 0 Å². The molecule has 0 N–H and O–H groups in total. The molecule has 4 nitrogen and oxygen atoms in total. The third-order valence-electron chi connectivity index (χ3n) is 2.71. The fraction of sp³-hybridized carbons (Fsp3) is 0.778. The molecule has 1 unspecified atom stereocenters. The minimum atomic E-state index is -2.50. The second-order valence-corrected chi connectivity index (χ2v) is 6.48. The van der Waals surface area contributed by atoms with Crippen LogP contribution >= 0.6 is 0 Å². The highest BCUT2D eigenvalue weighted by atomic mass is 28.4. The highest BCUT2D eigenvalue weighted by Crippen LogP contribution is 2.22. The zero-order valence-corrected chi connectivity index (χ0v) is 10.3. The molecule has 82 valence electrons. The van der Waals surface area contributed by atoms with Crippen LogP contribution in [0.1, 0.15) is 6.42 Å². The van der Waals surface area contributed by atoms with Crippen LogP contribution in [0.5, 0.6) is 0 Å². The van der Waals surface area contributed by atoms with Gasteiger partial charge < -0.3 is 13.3 Å². The van der Waals surface area contributed by atoms with Crippen molar-refractivity contribution in [1.29, 1.82) is 0 Å². The third-order valence-corrected chi connectivity index (χ3v) is 5.91. The van der Waals surface area contributed by atoms with Crippen LogP contribution in [0.15, 0.2) is 12.2 Å². The van der Waals surface area contributed by atoms with E-state index in [0.29, 0.717) is 0 Å². The van der Waals surface area contributed by atoms with Crippen LogP contribution in [0.3, 0.4) is 0 Å². The van der Waals surface area contributed by atoms with Crippen LogP contribution < -0.4 is 0 Å². The highest BCUT2D eigenvalue weighted by molar-refractivity contribution is 6.62. The largest absolute Gasteiger partial charge is 0.518 e. The molecular formula is C9H19NO3Si. The fourth-order valence-electron chi connectivity index (χ4n) is 1.85. The van der Waals surface area contributed by atoms with E-state index in [9.17, 15) is 0 Å². The van der Waals surface area contributed by atoms with Crippen molar-refractivity contribution >= 4 is 8.80 Å². The van der Waals surface area contributed by atoms with E-state index < -0.39 is 8.80 Å².